The van der Waals surface area contributed by atoms with Gasteiger partial charge in [0, 0.05) is 12.4 Å². The second-order valence-electron chi connectivity index (χ2n) is 3.56. The summed E-state index contributed by atoms with van der Waals surface area (Å²) in [7, 11) is -2.46. The first kappa shape index (κ1) is 13.1. The SMILES string of the molecule is COc1nccnc1NS(=O)(=O)c1ccccc1N. The van der Waals surface area contributed by atoms with Gasteiger partial charge in [-0.1, -0.05) is 12.1 Å². The number of rotatable bonds is 4. The number of methoxy groups -OCH3 is 1. The first-order valence-corrected chi connectivity index (χ1v) is 6.75. The van der Waals surface area contributed by atoms with E-state index in [1.807, 2.05) is 0 Å². The van der Waals surface area contributed by atoms with Crippen LogP contribution < -0.4 is 15.2 Å². The minimum Gasteiger partial charge on any atom is -0.478 e. The molecule has 0 bridgehead atoms. The zero-order valence-electron chi connectivity index (χ0n) is 10.1. The highest BCUT2D eigenvalue weighted by Gasteiger charge is 2.19. The zero-order chi connectivity index (χ0) is 13.9. The molecule has 3 N–H and O–H groups in total. The van der Waals surface area contributed by atoms with E-state index in [1.54, 1.807) is 12.1 Å². The molecule has 0 unspecified atom stereocenters. The molecule has 0 amide bonds. The highest BCUT2D eigenvalue weighted by atomic mass is 32.2. The minimum absolute atomic E-state index is 0.00764. The number of aromatic nitrogens is 2. The van der Waals surface area contributed by atoms with Crippen molar-refractivity contribution in [2.75, 3.05) is 17.6 Å². The van der Waals surface area contributed by atoms with E-state index in [2.05, 4.69) is 14.7 Å². The van der Waals surface area contributed by atoms with Gasteiger partial charge in [-0.05, 0) is 12.1 Å². The molecule has 0 aliphatic heterocycles. The summed E-state index contributed by atoms with van der Waals surface area (Å²) in [5, 5.41) is 0. The van der Waals surface area contributed by atoms with Crippen molar-refractivity contribution < 1.29 is 13.2 Å². The number of nitrogen functional groups attached to an aromatic ring is 1. The van der Waals surface area contributed by atoms with E-state index in [9.17, 15) is 8.42 Å². The lowest BCUT2D eigenvalue weighted by molar-refractivity contribution is 0.398. The van der Waals surface area contributed by atoms with E-state index in [0.29, 0.717) is 0 Å². The summed E-state index contributed by atoms with van der Waals surface area (Å²) >= 11 is 0. The van der Waals surface area contributed by atoms with Gasteiger partial charge in [-0.3, -0.25) is 4.72 Å². The predicted octanol–water partition coefficient (Wildman–Crippen LogP) is 0.868. The fourth-order valence-electron chi connectivity index (χ4n) is 1.45. The van der Waals surface area contributed by atoms with E-state index in [0.717, 1.165) is 0 Å². The van der Waals surface area contributed by atoms with E-state index in [-0.39, 0.29) is 22.3 Å². The molecule has 19 heavy (non-hydrogen) atoms. The van der Waals surface area contributed by atoms with Crippen molar-refractivity contribution in [3.05, 3.63) is 36.7 Å². The van der Waals surface area contributed by atoms with Crippen molar-refractivity contribution in [3.8, 4) is 5.88 Å². The smallest absolute Gasteiger partial charge is 0.265 e. The average Bonchev–Trinajstić information content (AvgIpc) is 2.39. The Kier molecular flexibility index (Phi) is 3.52. The summed E-state index contributed by atoms with van der Waals surface area (Å²) in [6.45, 7) is 0. The molecule has 0 aliphatic carbocycles. The van der Waals surface area contributed by atoms with Gasteiger partial charge in [0.25, 0.3) is 15.9 Å². The maximum absolute atomic E-state index is 12.2. The van der Waals surface area contributed by atoms with Gasteiger partial charge in [0.2, 0.25) is 5.82 Å². The maximum atomic E-state index is 12.2. The van der Waals surface area contributed by atoms with Gasteiger partial charge in [0.1, 0.15) is 4.90 Å². The third-order valence-electron chi connectivity index (χ3n) is 2.30. The van der Waals surface area contributed by atoms with Crippen molar-refractivity contribution in [2.45, 2.75) is 4.90 Å². The molecular formula is C11H12N4O3S. The van der Waals surface area contributed by atoms with Crippen molar-refractivity contribution >= 4 is 21.5 Å². The third kappa shape index (κ3) is 2.74. The van der Waals surface area contributed by atoms with Crippen molar-refractivity contribution in [3.63, 3.8) is 0 Å². The number of hydrogen-bond donors (Lipinski definition) is 2. The Morgan fingerprint density at radius 2 is 1.89 bits per heavy atom. The number of ether oxygens (including phenoxy) is 1. The van der Waals surface area contributed by atoms with E-state index in [1.165, 1.54) is 31.6 Å². The Balaban J connectivity index is 2.40. The topological polar surface area (TPSA) is 107 Å². The van der Waals surface area contributed by atoms with Crippen LogP contribution in [-0.4, -0.2) is 25.5 Å². The number of hydrogen-bond acceptors (Lipinski definition) is 6. The van der Waals surface area contributed by atoms with E-state index in [4.69, 9.17) is 10.5 Å². The van der Waals surface area contributed by atoms with Crippen LogP contribution in [0.3, 0.4) is 0 Å². The maximum Gasteiger partial charge on any atom is 0.265 e. The molecule has 8 heteroatoms. The molecule has 0 saturated heterocycles. The Morgan fingerprint density at radius 3 is 2.58 bits per heavy atom. The third-order valence-corrected chi connectivity index (χ3v) is 3.71. The van der Waals surface area contributed by atoms with Crippen molar-refractivity contribution in [1.82, 2.24) is 9.97 Å². The first-order valence-electron chi connectivity index (χ1n) is 5.27. The molecule has 1 heterocycles. The van der Waals surface area contributed by atoms with E-state index < -0.39 is 10.0 Å². The fraction of sp³-hybridized carbons (Fsp3) is 0.0909. The van der Waals surface area contributed by atoms with Gasteiger partial charge in [-0.15, -0.1) is 0 Å². The summed E-state index contributed by atoms with van der Waals surface area (Å²) < 4.78 is 31.6. The molecule has 0 fully saturated rings. The number of nitrogens with zero attached hydrogens (tertiary/aromatic N) is 2. The van der Waals surface area contributed by atoms with Gasteiger partial charge in [-0.25, -0.2) is 18.4 Å². The molecule has 2 aromatic rings. The number of anilines is 2. The van der Waals surface area contributed by atoms with Crippen molar-refractivity contribution in [2.24, 2.45) is 0 Å². The standard InChI is InChI=1S/C11H12N4O3S/c1-18-11-10(13-6-7-14-11)15-19(16,17)9-5-3-2-4-8(9)12/h2-7H,12H2,1H3,(H,13,15). The number of para-hydroxylation sites is 1. The Morgan fingerprint density at radius 1 is 1.21 bits per heavy atom. The lowest BCUT2D eigenvalue weighted by Gasteiger charge is -2.10. The largest absolute Gasteiger partial charge is 0.478 e. The Labute approximate surface area is 110 Å². The van der Waals surface area contributed by atoms with Crippen LogP contribution in [0.5, 0.6) is 5.88 Å². The highest BCUT2D eigenvalue weighted by Crippen LogP contribution is 2.23. The quantitative estimate of drug-likeness (QED) is 0.805. The molecule has 0 radical (unpaired) electrons. The summed E-state index contributed by atoms with van der Waals surface area (Å²) in [6, 6.07) is 6.14. The van der Waals surface area contributed by atoms with E-state index >= 15 is 0 Å². The molecule has 0 spiro atoms. The molecule has 0 atom stereocenters. The Bertz CT molecular complexity index is 688. The van der Waals surface area contributed by atoms with Crippen molar-refractivity contribution in [1.29, 1.82) is 0 Å². The van der Waals surface area contributed by atoms with Crippen LogP contribution in [0.15, 0.2) is 41.6 Å². The van der Waals surface area contributed by atoms with Crippen LogP contribution in [0.25, 0.3) is 0 Å². The summed E-state index contributed by atoms with van der Waals surface area (Å²) in [5.41, 5.74) is 5.80. The molecule has 1 aromatic carbocycles. The van der Waals surface area contributed by atoms with Crippen LogP contribution in [0.4, 0.5) is 11.5 Å². The van der Waals surface area contributed by atoms with Crippen LogP contribution in [0.2, 0.25) is 0 Å². The molecular weight excluding hydrogens is 268 g/mol. The number of nitrogens with one attached hydrogen (secondary N) is 1. The molecule has 2 rings (SSSR count). The highest BCUT2D eigenvalue weighted by molar-refractivity contribution is 7.92. The van der Waals surface area contributed by atoms with Gasteiger partial charge in [-0.2, -0.15) is 0 Å². The van der Waals surface area contributed by atoms with Gasteiger partial charge in [0.05, 0.1) is 12.8 Å². The molecule has 1 aromatic heterocycles. The van der Waals surface area contributed by atoms with Gasteiger partial charge >= 0.3 is 0 Å². The first-order chi connectivity index (χ1) is 9.04. The number of nitrogens with two attached hydrogens (primary N) is 1. The second kappa shape index (κ2) is 5.11. The van der Waals surface area contributed by atoms with Crippen LogP contribution in [0, 0.1) is 0 Å². The summed E-state index contributed by atoms with van der Waals surface area (Å²) in [5.74, 6) is 0.0915. The predicted molar refractivity (Wildman–Crippen MR) is 70.2 cm³/mol. The number of sulfonamides is 1. The fourth-order valence-corrected chi connectivity index (χ4v) is 2.59. The zero-order valence-corrected chi connectivity index (χ0v) is 10.9. The summed E-state index contributed by atoms with van der Waals surface area (Å²) in [4.78, 5) is 7.70. The van der Waals surface area contributed by atoms with Gasteiger partial charge in [0.15, 0.2) is 0 Å². The van der Waals surface area contributed by atoms with Gasteiger partial charge < -0.3 is 10.5 Å². The summed E-state index contributed by atoms with van der Waals surface area (Å²) in [6.07, 6.45) is 2.75. The minimum atomic E-state index is -3.83. The lowest BCUT2D eigenvalue weighted by Crippen LogP contribution is -2.16. The van der Waals surface area contributed by atoms with Crippen LogP contribution in [-0.2, 0) is 10.0 Å². The second-order valence-corrected chi connectivity index (χ2v) is 5.21. The molecule has 0 aliphatic rings. The molecule has 100 valence electrons. The lowest BCUT2D eigenvalue weighted by atomic mass is 10.3. The monoisotopic (exact) mass is 280 g/mol. The number of benzene rings is 1. The van der Waals surface area contributed by atoms with Crippen LogP contribution in [0.1, 0.15) is 0 Å². The average molecular weight is 280 g/mol. The molecule has 0 saturated carbocycles. The van der Waals surface area contributed by atoms with Crippen LogP contribution >= 0.6 is 0 Å². The molecule has 7 nitrogen and oxygen atoms in total. The normalized spacial score (nSPS) is 11.0. The Hall–Kier alpha value is -2.35.